The molecule has 1 atom stereocenters. The zero-order chi connectivity index (χ0) is 14.6. The number of hydrogen-bond acceptors (Lipinski definition) is 6. The average Bonchev–Trinajstić information content (AvgIpc) is 3.17. The predicted molar refractivity (Wildman–Crippen MR) is 74.9 cm³/mol. The lowest BCUT2D eigenvalue weighted by atomic mass is 10.3. The molecule has 114 valence electrons. The number of sulfonamides is 1. The molecule has 1 unspecified atom stereocenters. The van der Waals surface area contributed by atoms with Crippen LogP contribution in [0.5, 0.6) is 0 Å². The first-order valence-corrected chi connectivity index (χ1v) is 8.68. The van der Waals surface area contributed by atoms with E-state index in [2.05, 4.69) is 20.2 Å². The Morgan fingerprint density at radius 2 is 2.20 bits per heavy atom. The van der Waals surface area contributed by atoms with E-state index in [9.17, 15) is 8.42 Å². The number of rotatable bonds is 9. The summed E-state index contributed by atoms with van der Waals surface area (Å²) in [6.45, 7) is 4.61. The van der Waals surface area contributed by atoms with Crippen molar-refractivity contribution in [3.63, 3.8) is 0 Å². The Morgan fingerprint density at radius 3 is 2.85 bits per heavy atom. The van der Waals surface area contributed by atoms with Crippen LogP contribution in [-0.2, 0) is 16.4 Å². The standard InChI is InChI=1S/C12H22N4O3S/c1-3-20(17,18)14-8-9(2)13-7-6-11-15-12(16-19-11)10-4-5-10/h9-10,13-14H,3-8H2,1-2H3. The molecule has 1 saturated carbocycles. The fourth-order valence-corrected chi connectivity index (χ4v) is 2.44. The van der Waals surface area contributed by atoms with Crippen LogP contribution in [0.1, 0.15) is 44.3 Å². The van der Waals surface area contributed by atoms with Crippen molar-refractivity contribution >= 4 is 10.0 Å². The van der Waals surface area contributed by atoms with Crippen molar-refractivity contribution in [1.82, 2.24) is 20.2 Å². The molecule has 0 bridgehead atoms. The minimum atomic E-state index is -3.12. The summed E-state index contributed by atoms with van der Waals surface area (Å²) in [5.41, 5.74) is 0. The van der Waals surface area contributed by atoms with Crippen LogP contribution >= 0.6 is 0 Å². The normalized spacial score (nSPS) is 17.3. The number of nitrogens with zero attached hydrogens (tertiary/aromatic N) is 2. The van der Waals surface area contributed by atoms with Gasteiger partial charge in [-0.15, -0.1) is 0 Å². The summed E-state index contributed by atoms with van der Waals surface area (Å²) in [4.78, 5) is 4.34. The lowest BCUT2D eigenvalue weighted by Crippen LogP contribution is -2.40. The summed E-state index contributed by atoms with van der Waals surface area (Å²) >= 11 is 0. The Kier molecular flexibility index (Phi) is 5.11. The Hall–Kier alpha value is -0.990. The smallest absolute Gasteiger partial charge is 0.227 e. The van der Waals surface area contributed by atoms with Crippen LogP contribution in [0.3, 0.4) is 0 Å². The van der Waals surface area contributed by atoms with Gasteiger partial charge < -0.3 is 9.84 Å². The van der Waals surface area contributed by atoms with Gasteiger partial charge in [0.05, 0.1) is 5.75 Å². The number of nitrogens with one attached hydrogen (secondary N) is 2. The van der Waals surface area contributed by atoms with Crippen LogP contribution in [0.25, 0.3) is 0 Å². The van der Waals surface area contributed by atoms with Gasteiger partial charge in [0.15, 0.2) is 5.82 Å². The van der Waals surface area contributed by atoms with Crippen LogP contribution in [0.15, 0.2) is 4.52 Å². The van der Waals surface area contributed by atoms with Crippen molar-refractivity contribution < 1.29 is 12.9 Å². The Morgan fingerprint density at radius 1 is 1.45 bits per heavy atom. The van der Waals surface area contributed by atoms with Gasteiger partial charge in [0.2, 0.25) is 15.9 Å². The van der Waals surface area contributed by atoms with Crippen molar-refractivity contribution in [2.75, 3.05) is 18.8 Å². The van der Waals surface area contributed by atoms with Crippen molar-refractivity contribution in [3.05, 3.63) is 11.7 Å². The first kappa shape index (κ1) is 15.4. The fraction of sp³-hybridized carbons (Fsp3) is 0.833. The van der Waals surface area contributed by atoms with Crippen LogP contribution in [0.2, 0.25) is 0 Å². The molecule has 1 aliphatic carbocycles. The van der Waals surface area contributed by atoms with Crippen molar-refractivity contribution in [2.45, 2.75) is 45.1 Å². The van der Waals surface area contributed by atoms with Crippen molar-refractivity contribution in [3.8, 4) is 0 Å². The molecule has 1 fully saturated rings. The third kappa shape index (κ3) is 4.84. The van der Waals surface area contributed by atoms with Crippen molar-refractivity contribution in [1.29, 1.82) is 0 Å². The zero-order valence-electron chi connectivity index (χ0n) is 11.9. The van der Waals surface area contributed by atoms with E-state index in [0.717, 1.165) is 18.7 Å². The minimum Gasteiger partial charge on any atom is -0.339 e. The molecule has 1 aromatic rings. The topological polar surface area (TPSA) is 97.1 Å². The summed E-state index contributed by atoms with van der Waals surface area (Å²) < 4.78 is 30.3. The Labute approximate surface area is 119 Å². The average molecular weight is 302 g/mol. The fourth-order valence-electron chi connectivity index (χ4n) is 1.73. The van der Waals surface area contributed by atoms with E-state index in [1.807, 2.05) is 6.92 Å². The van der Waals surface area contributed by atoms with Crippen molar-refractivity contribution in [2.24, 2.45) is 0 Å². The second kappa shape index (κ2) is 6.64. The molecule has 0 aliphatic heterocycles. The Bertz CT molecular complexity index is 525. The molecule has 1 heterocycles. The van der Waals surface area contributed by atoms with E-state index in [1.165, 1.54) is 0 Å². The first-order chi connectivity index (χ1) is 9.50. The lowest BCUT2D eigenvalue weighted by Gasteiger charge is -2.13. The molecular formula is C12H22N4O3S. The molecule has 20 heavy (non-hydrogen) atoms. The van der Waals surface area contributed by atoms with E-state index in [4.69, 9.17) is 4.52 Å². The van der Waals surface area contributed by atoms with Gasteiger partial charge in [0.1, 0.15) is 0 Å². The van der Waals surface area contributed by atoms with E-state index in [-0.39, 0.29) is 11.8 Å². The Balaban J connectivity index is 1.64. The van der Waals surface area contributed by atoms with Crippen LogP contribution in [0, 0.1) is 0 Å². The first-order valence-electron chi connectivity index (χ1n) is 7.03. The van der Waals surface area contributed by atoms with Gasteiger partial charge in [0, 0.05) is 31.5 Å². The summed E-state index contributed by atoms with van der Waals surface area (Å²) in [7, 11) is -3.12. The van der Waals surface area contributed by atoms with Crippen LogP contribution in [-0.4, -0.2) is 43.4 Å². The molecule has 0 amide bonds. The maximum atomic E-state index is 11.3. The SMILES string of the molecule is CCS(=O)(=O)NCC(C)NCCc1nc(C2CC2)no1. The molecule has 2 N–H and O–H groups in total. The maximum Gasteiger partial charge on any atom is 0.227 e. The van der Waals surface area contributed by atoms with E-state index < -0.39 is 10.0 Å². The molecule has 0 radical (unpaired) electrons. The largest absolute Gasteiger partial charge is 0.339 e. The van der Waals surface area contributed by atoms with Gasteiger partial charge >= 0.3 is 0 Å². The number of aromatic nitrogens is 2. The molecule has 0 saturated heterocycles. The highest BCUT2D eigenvalue weighted by Gasteiger charge is 2.28. The maximum absolute atomic E-state index is 11.3. The zero-order valence-corrected chi connectivity index (χ0v) is 12.7. The molecule has 0 aromatic carbocycles. The van der Waals surface area contributed by atoms with Gasteiger partial charge in [-0.05, 0) is 26.7 Å². The predicted octanol–water partition coefficient (Wildman–Crippen LogP) is 0.407. The van der Waals surface area contributed by atoms with Gasteiger partial charge in [-0.1, -0.05) is 5.16 Å². The van der Waals surface area contributed by atoms with E-state index in [0.29, 0.717) is 31.3 Å². The van der Waals surface area contributed by atoms with Crippen LogP contribution < -0.4 is 10.0 Å². The van der Waals surface area contributed by atoms with Gasteiger partial charge in [0.25, 0.3) is 0 Å². The summed E-state index contributed by atoms with van der Waals surface area (Å²) in [5.74, 6) is 2.07. The monoisotopic (exact) mass is 302 g/mol. The highest BCUT2D eigenvalue weighted by Crippen LogP contribution is 2.38. The third-order valence-corrected chi connectivity index (χ3v) is 4.61. The molecule has 7 nitrogen and oxygen atoms in total. The molecule has 8 heteroatoms. The third-order valence-electron chi connectivity index (χ3n) is 3.25. The second-order valence-corrected chi connectivity index (χ2v) is 7.27. The van der Waals surface area contributed by atoms with E-state index >= 15 is 0 Å². The highest BCUT2D eigenvalue weighted by molar-refractivity contribution is 7.89. The molecular weight excluding hydrogens is 280 g/mol. The molecule has 1 aliphatic rings. The summed E-state index contributed by atoms with van der Waals surface area (Å²) in [6.07, 6.45) is 2.97. The summed E-state index contributed by atoms with van der Waals surface area (Å²) in [6, 6.07) is 0.0575. The molecule has 0 spiro atoms. The summed E-state index contributed by atoms with van der Waals surface area (Å²) in [5, 5.41) is 7.18. The number of hydrogen-bond donors (Lipinski definition) is 2. The van der Waals surface area contributed by atoms with Crippen LogP contribution in [0.4, 0.5) is 0 Å². The quantitative estimate of drug-likeness (QED) is 0.685. The minimum absolute atomic E-state index is 0.0575. The van der Waals surface area contributed by atoms with Gasteiger partial charge in [-0.2, -0.15) is 4.98 Å². The second-order valence-electron chi connectivity index (χ2n) is 5.18. The van der Waals surface area contributed by atoms with Gasteiger partial charge in [-0.25, -0.2) is 13.1 Å². The van der Waals surface area contributed by atoms with E-state index in [1.54, 1.807) is 6.92 Å². The molecule has 1 aromatic heterocycles. The molecule has 2 rings (SSSR count). The van der Waals surface area contributed by atoms with Gasteiger partial charge in [-0.3, -0.25) is 0 Å². The lowest BCUT2D eigenvalue weighted by molar-refractivity contribution is 0.368. The highest BCUT2D eigenvalue weighted by atomic mass is 32.2.